The second-order valence-electron chi connectivity index (χ2n) is 9.62. The average molecular weight is 484 g/mol. The van der Waals surface area contributed by atoms with Crippen molar-refractivity contribution in [3.8, 4) is 0 Å². The molecule has 1 amide bonds. The van der Waals surface area contributed by atoms with E-state index in [2.05, 4.69) is 34.5 Å². The summed E-state index contributed by atoms with van der Waals surface area (Å²) in [5.41, 5.74) is 3.52. The zero-order valence-corrected chi connectivity index (χ0v) is 20.8. The van der Waals surface area contributed by atoms with E-state index >= 15 is 0 Å². The van der Waals surface area contributed by atoms with Crippen LogP contribution < -0.4 is 5.32 Å². The highest BCUT2D eigenvalue weighted by Crippen LogP contribution is 2.21. The molecule has 0 radical (unpaired) electrons. The summed E-state index contributed by atoms with van der Waals surface area (Å²) in [4.78, 5) is 15.3. The van der Waals surface area contributed by atoms with Gasteiger partial charge in [-0.3, -0.25) is 9.69 Å². The molecule has 7 heteroatoms. The van der Waals surface area contributed by atoms with Crippen LogP contribution in [0.15, 0.2) is 54.6 Å². The molecule has 2 heterocycles. The summed E-state index contributed by atoms with van der Waals surface area (Å²) in [5, 5.41) is 3.03. The summed E-state index contributed by atoms with van der Waals surface area (Å²) >= 11 is 0. The van der Waals surface area contributed by atoms with Crippen LogP contribution in [0, 0.1) is 5.92 Å². The van der Waals surface area contributed by atoms with Gasteiger partial charge in [-0.05, 0) is 68.3 Å². The van der Waals surface area contributed by atoms with Gasteiger partial charge < -0.3 is 5.32 Å². The molecule has 0 bridgehead atoms. The van der Waals surface area contributed by atoms with Gasteiger partial charge in [-0.1, -0.05) is 54.6 Å². The average Bonchev–Trinajstić information content (AvgIpc) is 3.37. The molecule has 184 valence electrons. The minimum atomic E-state index is -3.35. The quantitative estimate of drug-likeness (QED) is 0.561. The SMILES string of the molecule is O=C(NCc1ccc(CN2CCCC2)cc1)[C@H]1CCCN(S(=O)(=O)CCCc2ccccc2)C1. The Balaban J connectivity index is 1.22. The van der Waals surface area contributed by atoms with E-state index in [9.17, 15) is 13.2 Å². The Morgan fingerprint density at radius 1 is 0.882 bits per heavy atom. The Kier molecular flexibility index (Phi) is 8.75. The van der Waals surface area contributed by atoms with Crippen LogP contribution >= 0.6 is 0 Å². The van der Waals surface area contributed by atoms with E-state index in [4.69, 9.17) is 0 Å². The highest BCUT2D eigenvalue weighted by molar-refractivity contribution is 7.89. The van der Waals surface area contributed by atoms with E-state index in [0.717, 1.165) is 36.9 Å². The first-order valence-electron chi connectivity index (χ1n) is 12.6. The molecule has 2 aliphatic rings. The highest BCUT2D eigenvalue weighted by atomic mass is 32.2. The number of sulfonamides is 1. The van der Waals surface area contributed by atoms with Crippen LogP contribution in [-0.4, -0.2) is 55.5 Å². The number of piperidine rings is 1. The predicted molar refractivity (Wildman–Crippen MR) is 136 cm³/mol. The first kappa shape index (κ1) is 24.9. The number of hydrogen-bond donors (Lipinski definition) is 1. The summed E-state index contributed by atoms with van der Waals surface area (Å²) in [5.74, 6) is -0.211. The molecule has 1 atom stereocenters. The lowest BCUT2D eigenvalue weighted by molar-refractivity contribution is -0.126. The van der Waals surface area contributed by atoms with Crippen LogP contribution in [-0.2, 0) is 34.3 Å². The van der Waals surface area contributed by atoms with E-state index in [1.54, 1.807) is 0 Å². The van der Waals surface area contributed by atoms with E-state index in [1.165, 1.54) is 35.8 Å². The molecule has 4 rings (SSSR count). The predicted octanol–water partition coefficient (Wildman–Crippen LogP) is 3.57. The number of nitrogens with one attached hydrogen (secondary N) is 1. The first-order chi connectivity index (χ1) is 16.5. The summed E-state index contributed by atoms with van der Waals surface area (Å²) in [6.45, 7) is 4.62. The van der Waals surface area contributed by atoms with Crippen molar-refractivity contribution in [3.63, 3.8) is 0 Å². The van der Waals surface area contributed by atoms with Gasteiger partial charge in [0, 0.05) is 26.2 Å². The van der Waals surface area contributed by atoms with Gasteiger partial charge in [-0.2, -0.15) is 0 Å². The van der Waals surface area contributed by atoms with Crippen molar-refractivity contribution in [1.29, 1.82) is 0 Å². The molecule has 1 N–H and O–H groups in total. The molecule has 2 saturated heterocycles. The van der Waals surface area contributed by atoms with Crippen molar-refractivity contribution in [2.24, 2.45) is 5.92 Å². The molecule has 6 nitrogen and oxygen atoms in total. The fraction of sp³-hybridized carbons (Fsp3) is 0.519. The second-order valence-corrected chi connectivity index (χ2v) is 11.7. The minimum absolute atomic E-state index is 0.0506. The van der Waals surface area contributed by atoms with E-state index < -0.39 is 10.0 Å². The van der Waals surface area contributed by atoms with Gasteiger partial charge >= 0.3 is 0 Å². The maximum atomic E-state index is 12.9. The molecule has 0 unspecified atom stereocenters. The second kappa shape index (κ2) is 12.0. The molecule has 2 aromatic rings. The normalized spacial score (nSPS) is 19.8. The van der Waals surface area contributed by atoms with Crippen molar-refractivity contribution in [1.82, 2.24) is 14.5 Å². The van der Waals surface area contributed by atoms with E-state index in [-0.39, 0.29) is 24.1 Å². The van der Waals surface area contributed by atoms with Crippen molar-refractivity contribution in [2.75, 3.05) is 31.9 Å². The smallest absolute Gasteiger partial charge is 0.224 e. The molecule has 0 spiro atoms. The summed E-state index contributed by atoms with van der Waals surface area (Å²) < 4.78 is 27.3. The molecule has 2 fully saturated rings. The number of aryl methyl sites for hydroxylation is 1. The zero-order chi connectivity index (χ0) is 23.8. The lowest BCUT2D eigenvalue weighted by Gasteiger charge is -2.31. The number of carbonyl (C=O) groups is 1. The van der Waals surface area contributed by atoms with Crippen LogP contribution in [0.4, 0.5) is 0 Å². The number of benzene rings is 2. The number of likely N-dealkylation sites (tertiary alicyclic amines) is 1. The standard InChI is InChI=1S/C27H37N3O3S/c31-27(28-20-24-12-14-25(15-13-24)21-29-16-4-5-17-29)26-11-6-18-30(22-26)34(32,33)19-7-10-23-8-2-1-3-9-23/h1-3,8-9,12-15,26H,4-7,10-11,16-22H2,(H,28,31)/t26-/m0/s1. The lowest BCUT2D eigenvalue weighted by atomic mass is 9.98. The van der Waals surface area contributed by atoms with Crippen LogP contribution in [0.1, 0.15) is 48.8 Å². The number of amides is 1. The topological polar surface area (TPSA) is 69.7 Å². The molecular weight excluding hydrogens is 446 g/mol. The fourth-order valence-corrected chi connectivity index (χ4v) is 6.52. The van der Waals surface area contributed by atoms with Gasteiger partial charge in [-0.15, -0.1) is 0 Å². The molecule has 2 aliphatic heterocycles. The maximum absolute atomic E-state index is 12.9. The van der Waals surface area contributed by atoms with Crippen LogP contribution in [0.2, 0.25) is 0 Å². The van der Waals surface area contributed by atoms with Crippen molar-refractivity contribution < 1.29 is 13.2 Å². The van der Waals surface area contributed by atoms with Crippen LogP contribution in [0.5, 0.6) is 0 Å². The van der Waals surface area contributed by atoms with Gasteiger partial charge in [-0.25, -0.2) is 12.7 Å². The Hall–Kier alpha value is -2.22. The van der Waals surface area contributed by atoms with Crippen molar-refractivity contribution >= 4 is 15.9 Å². The third-order valence-corrected chi connectivity index (χ3v) is 8.88. The third-order valence-electron chi connectivity index (χ3n) is 6.95. The van der Waals surface area contributed by atoms with Crippen LogP contribution in [0.3, 0.4) is 0 Å². The molecule has 0 aliphatic carbocycles. The summed E-state index contributed by atoms with van der Waals surface area (Å²) in [6, 6.07) is 18.4. The molecule has 0 aromatic heterocycles. The number of rotatable bonds is 10. The van der Waals surface area contributed by atoms with Gasteiger partial charge in [0.15, 0.2) is 0 Å². The van der Waals surface area contributed by atoms with Gasteiger partial charge in [0.2, 0.25) is 15.9 Å². The number of carbonyl (C=O) groups excluding carboxylic acids is 1. The van der Waals surface area contributed by atoms with Gasteiger partial charge in [0.25, 0.3) is 0 Å². The monoisotopic (exact) mass is 483 g/mol. The maximum Gasteiger partial charge on any atom is 0.224 e. The zero-order valence-electron chi connectivity index (χ0n) is 20.0. The van der Waals surface area contributed by atoms with Crippen LogP contribution in [0.25, 0.3) is 0 Å². The van der Waals surface area contributed by atoms with E-state index in [1.807, 2.05) is 30.3 Å². The Labute approximate surface area is 204 Å². The minimum Gasteiger partial charge on any atom is -0.352 e. The van der Waals surface area contributed by atoms with Gasteiger partial charge in [0.05, 0.1) is 11.7 Å². The third kappa shape index (κ3) is 7.14. The van der Waals surface area contributed by atoms with Crippen molar-refractivity contribution in [3.05, 3.63) is 71.3 Å². The highest BCUT2D eigenvalue weighted by Gasteiger charge is 2.31. The largest absolute Gasteiger partial charge is 0.352 e. The fourth-order valence-electron chi connectivity index (χ4n) is 4.94. The molecule has 0 saturated carbocycles. The summed E-state index contributed by atoms with van der Waals surface area (Å²) in [7, 11) is -3.35. The molecule has 2 aromatic carbocycles. The van der Waals surface area contributed by atoms with Crippen molar-refractivity contribution in [2.45, 2.75) is 51.6 Å². The molecule has 34 heavy (non-hydrogen) atoms. The Morgan fingerprint density at radius 2 is 1.59 bits per heavy atom. The van der Waals surface area contributed by atoms with E-state index in [0.29, 0.717) is 19.5 Å². The lowest BCUT2D eigenvalue weighted by Crippen LogP contribution is -2.46. The Bertz CT molecular complexity index is 1020. The first-order valence-corrected chi connectivity index (χ1v) is 14.2. The number of nitrogens with zero attached hydrogens (tertiary/aromatic N) is 2. The number of hydrogen-bond acceptors (Lipinski definition) is 4. The summed E-state index contributed by atoms with van der Waals surface area (Å²) in [6.07, 6.45) is 5.37. The van der Waals surface area contributed by atoms with Gasteiger partial charge in [0.1, 0.15) is 0 Å². The molecular formula is C27H37N3O3S. The Morgan fingerprint density at radius 3 is 2.32 bits per heavy atom.